The Kier molecular flexibility index (Phi) is 3.03. The van der Waals surface area contributed by atoms with Crippen LogP contribution in [0.2, 0.25) is 0 Å². The van der Waals surface area contributed by atoms with Gasteiger partial charge in [0, 0.05) is 5.92 Å². The van der Waals surface area contributed by atoms with Crippen LogP contribution in [0.25, 0.3) is 0 Å². The number of rotatable bonds is 2. The minimum atomic E-state index is 0.514. The van der Waals surface area contributed by atoms with Crippen LogP contribution in [0.4, 0.5) is 0 Å². The van der Waals surface area contributed by atoms with Gasteiger partial charge in [-0.25, -0.2) is 4.98 Å². The molecule has 0 saturated heterocycles. The molecule has 1 aromatic rings. The minimum absolute atomic E-state index is 0.514. The average Bonchev–Trinajstić information content (AvgIpc) is 2.34. The first-order valence-corrected chi connectivity index (χ1v) is 5.08. The van der Waals surface area contributed by atoms with Crippen molar-refractivity contribution in [3.63, 3.8) is 0 Å². The fourth-order valence-corrected chi connectivity index (χ4v) is 1.66. The SMILES string of the molecule is CCC(C)c1nsc(I)n1. The third-order valence-electron chi connectivity index (χ3n) is 1.47. The van der Waals surface area contributed by atoms with E-state index in [0.717, 1.165) is 15.3 Å². The molecule has 4 heteroatoms. The summed E-state index contributed by atoms with van der Waals surface area (Å²) in [5.41, 5.74) is 0. The van der Waals surface area contributed by atoms with E-state index in [1.54, 1.807) is 0 Å². The van der Waals surface area contributed by atoms with Crippen LogP contribution in [-0.4, -0.2) is 9.36 Å². The van der Waals surface area contributed by atoms with Crippen molar-refractivity contribution < 1.29 is 0 Å². The summed E-state index contributed by atoms with van der Waals surface area (Å²) in [4.78, 5) is 4.28. The molecule has 1 unspecified atom stereocenters. The van der Waals surface area contributed by atoms with Crippen molar-refractivity contribution in [2.75, 3.05) is 0 Å². The van der Waals surface area contributed by atoms with Gasteiger partial charge < -0.3 is 0 Å². The summed E-state index contributed by atoms with van der Waals surface area (Å²) in [5.74, 6) is 1.51. The lowest BCUT2D eigenvalue weighted by Gasteiger charge is -1.99. The number of hydrogen-bond donors (Lipinski definition) is 0. The number of hydrogen-bond acceptors (Lipinski definition) is 3. The van der Waals surface area contributed by atoms with Crippen molar-refractivity contribution in [3.05, 3.63) is 8.84 Å². The molecule has 56 valence electrons. The van der Waals surface area contributed by atoms with Crippen LogP contribution in [-0.2, 0) is 0 Å². The molecule has 0 saturated carbocycles. The standard InChI is InChI=1S/C6H9IN2S/c1-3-4(2)5-8-6(7)10-9-5/h4H,3H2,1-2H3. The average molecular weight is 268 g/mol. The third kappa shape index (κ3) is 1.88. The molecule has 0 aromatic carbocycles. The maximum absolute atomic E-state index is 4.28. The highest BCUT2D eigenvalue weighted by Gasteiger charge is 2.07. The second-order valence-electron chi connectivity index (χ2n) is 2.21. The molecule has 1 heterocycles. The Morgan fingerprint density at radius 3 is 2.80 bits per heavy atom. The van der Waals surface area contributed by atoms with E-state index in [4.69, 9.17) is 0 Å². The molecule has 0 bridgehead atoms. The summed E-state index contributed by atoms with van der Waals surface area (Å²) >= 11 is 3.67. The van der Waals surface area contributed by atoms with Crippen LogP contribution >= 0.6 is 34.1 Å². The van der Waals surface area contributed by atoms with E-state index in [1.807, 2.05) is 0 Å². The smallest absolute Gasteiger partial charge is 0.173 e. The molecule has 0 aliphatic carbocycles. The highest BCUT2D eigenvalue weighted by Crippen LogP contribution is 2.17. The summed E-state index contributed by atoms with van der Waals surface area (Å²) in [7, 11) is 0. The lowest BCUT2D eigenvalue weighted by atomic mass is 10.1. The lowest BCUT2D eigenvalue weighted by Crippen LogP contribution is -1.93. The van der Waals surface area contributed by atoms with Gasteiger partial charge in [0.05, 0.1) is 0 Å². The second-order valence-corrected chi connectivity index (χ2v) is 4.72. The van der Waals surface area contributed by atoms with Gasteiger partial charge >= 0.3 is 0 Å². The molecule has 1 atom stereocenters. The fourth-order valence-electron chi connectivity index (χ4n) is 0.598. The predicted octanol–water partition coefficient (Wildman–Crippen LogP) is 2.66. The van der Waals surface area contributed by atoms with E-state index in [0.29, 0.717) is 5.92 Å². The summed E-state index contributed by atoms with van der Waals surface area (Å²) in [5, 5.41) is 0. The van der Waals surface area contributed by atoms with E-state index in [9.17, 15) is 0 Å². The van der Waals surface area contributed by atoms with Gasteiger partial charge in [0.2, 0.25) is 0 Å². The third-order valence-corrected chi connectivity index (χ3v) is 2.82. The van der Waals surface area contributed by atoms with Crippen molar-refractivity contribution in [1.82, 2.24) is 9.36 Å². The van der Waals surface area contributed by atoms with Gasteiger partial charge in [0.15, 0.2) is 3.01 Å². The van der Waals surface area contributed by atoms with Crippen LogP contribution in [0.5, 0.6) is 0 Å². The molecule has 0 spiro atoms. The largest absolute Gasteiger partial charge is 0.213 e. The molecule has 0 amide bonds. The molecule has 0 aliphatic rings. The molecule has 0 radical (unpaired) electrons. The molecular weight excluding hydrogens is 259 g/mol. The zero-order valence-electron chi connectivity index (χ0n) is 5.97. The van der Waals surface area contributed by atoms with Crippen LogP contribution in [0.15, 0.2) is 0 Å². The van der Waals surface area contributed by atoms with Crippen molar-refractivity contribution in [1.29, 1.82) is 0 Å². The molecule has 0 aliphatic heterocycles. The Morgan fingerprint density at radius 2 is 2.40 bits per heavy atom. The molecule has 0 fully saturated rings. The zero-order chi connectivity index (χ0) is 7.56. The van der Waals surface area contributed by atoms with Crippen molar-refractivity contribution >= 4 is 34.1 Å². The summed E-state index contributed by atoms with van der Waals surface area (Å²) < 4.78 is 5.24. The highest BCUT2D eigenvalue weighted by molar-refractivity contribution is 14.1. The van der Waals surface area contributed by atoms with E-state index >= 15 is 0 Å². The predicted molar refractivity (Wildman–Crippen MR) is 51.3 cm³/mol. The van der Waals surface area contributed by atoms with Gasteiger partial charge in [0.25, 0.3) is 0 Å². The molecule has 1 aromatic heterocycles. The van der Waals surface area contributed by atoms with E-state index < -0.39 is 0 Å². The quantitative estimate of drug-likeness (QED) is 0.770. The van der Waals surface area contributed by atoms with Gasteiger partial charge in [-0.1, -0.05) is 13.8 Å². The maximum atomic E-state index is 4.28. The van der Waals surface area contributed by atoms with Gasteiger partial charge in [-0.2, -0.15) is 4.37 Å². The van der Waals surface area contributed by atoms with Gasteiger partial charge in [-0.15, -0.1) is 0 Å². The molecule has 0 N–H and O–H groups in total. The topological polar surface area (TPSA) is 25.8 Å². The second kappa shape index (κ2) is 3.61. The summed E-state index contributed by atoms with van der Waals surface area (Å²) in [6.45, 7) is 4.30. The molecule has 2 nitrogen and oxygen atoms in total. The fraction of sp³-hybridized carbons (Fsp3) is 0.667. The monoisotopic (exact) mass is 268 g/mol. The molecular formula is C6H9IN2S. The van der Waals surface area contributed by atoms with Crippen LogP contribution in [0, 0.1) is 3.01 Å². The van der Waals surface area contributed by atoms with Crippen LogP contribution in [0.3, 0.4) is 0 Å². The van der Waals surface area contributed by atoms with Crippen molar-refractivity contribution in [2.45, 2.75) is 26.2 Å². The summed E-state index contributed by atoms with van der Waals surface area (Å²) in [6, 6.07) is 0. The number of halogens is 1. The molecule has 1 rings (SSSR count). The Balaban J connectivity index is 2.74. The normalized spacial score (nSPS) is 13.5. The number of aromatic nitrogens is 2. The first-order chi connectivity index (χ1) is 4.74. The highest BCUT2D eigenvalue weighted by atomic mass is 127. The van der Waals surface area contributed by atoms with E-state index in [2.05, 4.69) is 45.8 Å². The number of nitrogens with zero attached hydrogens (tertiary/aromatic N) is 2. The Bertz CT molecular complexity index is 211. The van der Waals surface area contributed by atoms with Gasteiger partial charge in [-0.3, -0.25) is 0 Å². The first kappa shape index (κ1) is 8.39. The summed E-state index contributed by atoms with van der Waals surface area (Å²) in [6.07, 6.45) is 1.12. The van der Waals surface area contributed by atoms with Crippen LogP contribution in [0.1, 0.15) is 32.0 Å². The Hall–Kier alpha value is 0.290. The first-order valence-electron chi connectivity index (χ1n) is 3.23. The van der Waals surface area contributed by atoms with E-state index in [1.165, 1.54) is 11.5 Å². The maximum Gasteiger partial charge on any atom is 0.173 e. The Morgan fingerprint density at radius 1 is 1.70 bits per heavy atom. The Labute approximate surface area is 78.4 Å². The van der Waals surface area contributed by atoms with Gasteiger partial charge in [0.1, 0.15) is 5.82 Å². The molecule has 10 heavy (non-hydrogen) atoms. The van der Waals surface area contributed by atoms with Crippen molar-refractivity contribution in [2.24, 2.45) is 0 Å². The lowest BCUT2D eigenvalue weighted by molar-refractivity contribution is 0.691. The van der Waals surface area contributed by atoms with Crippen LogP contribution < -0.4 is 0 Å². The van der Waals surface area contributed by atoms with E-state index in [-0.39, 0.29) is 0 Å². The van der Waals surface area contributed by atoms with Crippen molar-refractivity contribution in [3.8, 4) is 0 Å². The minimum Gasteiger partial charge on any atom is -0.213 e. The van der Waals surface area contributed by atoms with Gasteiger partial charge in [-0.05, 0) is 40.5 Å². The zero-order valence-corrected chi connectivity index (χ0v) is 8.94.